The lowest BCUT2D eigenvalue weighted by atomic mass is 9.68. The Balaban J connectivity index is 2.39. The summed E-state index contributed by atoms with van der Waals surface area (Å²) in [7, 11) is 0. The van der Waals surface area contributed by atoms with Crippen molar-refractivity contribution in [2.24, 2.45) is 34.6 Å². The van der Waals surface area contributed by atoms with Crippen LogP contribution in [0.15, 0.2) is 0 Å². The van der Waals surface area contributed by atoms with Crippen molar-refractivity contribution in [1.82, 2.24) is 0 Å². The summed E-state index contributed by atoms with van der Waals surface area (Å²) in [5, 5.41) is 0. The molecule has 0 radical (unpaired) electrons. The first-order valence-electron chi connectivity index (χ1n) is 6.84. The summed E-state index contributed by atoms with van der Waals surface area (Å²) in [5.74, 6) is 1.12. The van der Waals surface area contributed by atoms with Crippen molar-refractivity contribution in [3.05, 3.63) is 0 Å². The van der Waals surface area contributed by atoms with Gasteiger partial charge >= 0.3 is 0 Å². The molecule has 0 aromatic heterocycles. The fourth-order valence-electron chi connectivity index (χ4n) is 3.00. The summed E-state index contributed by atoms with van der Waals surface area (Å²) in [6, 6.07) is 0. The zero-order valence-electron chi connectivity index (χ0n) is 11.5. The summed E-state index contributed by atoms with van der Waals surface area (Å²) in [6.07, 6.45) is 5.91. The minimum Gasteiger partial charge on any atom is -0.369 e. The lowest BCUT2D eigenvalue weighted by Crippen LogP contribution is -2.33. The summed E-state index contributed by atoms with van der Waals surface area (Å²) in [6.45, 7) is 7.37. The van der Waals surface area contributed by atoms with E-state index < -0.39 is 0 Å². The van der Waals surface area contributed by atoms with Crippen LogP contribution in [0.4, 0.5) is 0 Å². The molecule has 1 unspecified atom stereocenters. The van der Waals surface area contributed by atoms with Gasteiger partial charge in [0.1, 0.15) is 0 Å². The number of hydrogen-bond donors (Lipinski definition) is 2. The Labute approximate surface area is 105 Å². The third-order valence-corrected chi connectivity index (χ3v) is 4.38. The molecule has 100 valence electrons. The van der Waals surface area contributed by atoms with E-state index in [1.807, 2.05) is 0 Å². The number of nitrogens with two attached hydrogens (primary N) is 2. The molecular weight excluding hydrogens is 212 g/mol. The van der Waals surface area contributed by atoms with E-state index in [4.69, 9.17) is 11.5 Å². The molecule has 1 aliphatic rings. The van der Waals surface area contributed by atoms with E-state index >= 15 is 0 Å². The van der Waals surface area contributed by atoms with Crippen LogP contribution in [-0.2, 0) is 4.79 Å². The zero-order chi connectivity index (χ0) is 13.1. The van der Waals surface area contributed by atoms with Crippen molar-refractivity contribution in [1.29, 1.82) is 0 Å². The average Bonchev–Trinajstić information content (AvgIpc) is 2.25. The highest BCUT2D eigenvalue weighted by Crippen LogP contribution is 2.41. The molecule has 0 aromatic carbocycles. The second-order valence-corrected chi connectivity index (χ2v) is 6.65. The van der Waals surface area contributed by atoms with Crippen LogP contribution in [0.1, 0.15) is 52.9 Å². The van der Waals surface area contributed by atoms with Crippen molar-refractivity contribution in [2.45, 2.75) is 52.9 Å². The van der Waals surface area contributed by atoms with Gasteiger partial charge in [-0.15, -0.1) is 0 Å². The maximum absolute atomic E-state index is 11.2. The molecule has 4 N–H and O–H groups in total. The normalized spacial score (nSPS) is 27.8. The molecule has 3 nitrogen and oxygen atoms in total. The Morgan fingerprint density at radius 2 is 1.76 bits per heavy atom. The van der Waals surface area contributed by atoms with Crippen LogP contribution in [0.3, 0.4) is 0 Å². The van der Waals surface area contributed by atoms with Crippen molar-refractivity contribution in [2.75, 3.05) is 6.54 Å². The highest BCUT2D eigenvalue weighted by Gasteiger charge is 2.31. The molecule has 1 aliphatic carbocycles. The first-order valence-corrected chi connectivity index (χ1v) is 6.84. The summed E-state index contributed by atoms with van der Waals surface area (Å²) < 4.78 is 0. The van der Waals surface area contributed by atoms with E-state index in [0.29, 0.717) is 17.9 Å². The van der Waals surface area contributed by atoms with Crippen molar-refractivity contribution in [3.63, 3.8) is 0 Å². The molecule has 0 spiro atoms. The standard InChI is InChI=1S/C14H28N2O/c1-14(2,3)12-6-4-10(5-7-12)8-11(9-15)13(16)17/h10-12H,4-9,15H2,1-3H3,(H2,16,17). The third-order valence-electron chi connectivity index (χ3n) is 4.38. The van der Waals surface area contributed by atoms with Gasteiger partial charge < -0.3 is 11.5 Å². The smallest absolute Gasteiger partial charge is 0.221 e. The van der Waals surface area contributed by atoms with E-state index in [-0.39, 0.29) is 11.8 Å². The van der Waals surface area contributed by atoms with Crippen LogP contribution in [-0.4, -0.2) is 12.5 Å². The molecule has 17 heavy (non-hydrogen) atoms. The van der Waals surface area contributed by atoms with Gasteiger partial charge in [-0.3, -0.25) is 4.79 Å². The Hall–Kier alpha value is -0.570. The molecule has 1 amide bonds. The largest absolute Gasteiger partial charge is 0.369 e. The summed E-state index contributed by atoms with van der Waals surface area (Å²) in [5.41, 5.74) is 11.3. The van der Waals surface area contributed by atoms with E-state index in [2.05, 4.69) is 20.8 Å². The maximum atomic E-state index is 11.2. The SMILES string of the molecule is CC(C)(C)C1CCC(CC(CN)C(N)=O)CC1. The van der Waals surface area contributed by atoms with Gasteiger partial charge in [-0.25, -0.2) is 0 Å². The maximum Gasteiger partial charge on any atom is 0.221 e. The summed E-state index contributed by atoms with van der Waals surface area (Å²) in [4.78, 5) is 11.2. The third kappa shape index (κ3) is 4.30. The van der Waals surface area contributed by atoms with Gasteiger partial charge in [0.2, 0.25) is 5.91 Å². The first kappa shape index (κ1) is 14.5. The first-order chi connectivity index (χ1) is 7.84. The minimum absolute atomic E-state index is 0.119. The minimum atomic E-state index is -0.231. The van der Waals surface area contributed by atoms with Crippen molar-refractivity contribution < 1.29 is 4.79 Å². The molecule has 0 bridgehead atoms. The van der Waals surface area contributed by atoms with E-state index in [1.165, 1.54) is 25.7 Å². The Kier molecular flexibility index (Phi) is 4.99. The fraction of sp³-hybridized carbons (Fsp3) is 0.929. The van der Waals surface area contributed by atoms with Gasteiger partial charge in [0.25, 0.3) is 0 Å². The quantitative estimate of drug-likeness (QED) is 0.791. The molecule has 1 saturated carbocycles. The molecule has 0 heterocycles. The van der Waals surface area contributed by atoms with Crippen LogP contribution < -0.4 is 11.5 Å². The monoisotopic (exact) mass is 240 g/mol. The molecule has 1 fully saturated rings. The Morgan fingerprint density at radius 1 is 1.24 bits per heavy atom. The Bertz CT molecular complexity index is 249. The van der Waals surface area contributed by atoms with Crippen LogP contribution in [0.2, 0.25) is 0 Å². The number of rotatable bonds is 4. The number of primary amides is 1. The van der Waals surface area contributed by atoms with Crippen molar-refractivity contribution in [3.8, 4) is 0 Å². The highest BCUT2D eigenvalue weighted by molar-refractivity contribution is 5.76. The summed E-state index contributed by atoms with van der Waals surface area (Å²) >= 11 is 0. The fourth-order valence-corrected chi connectivity index (χ4v) is 3.00. The van der Waals surface area contributed by atoms with Crippen LogP contribution in [0.25, 0.3) is 0 Å². The lowest BCUT2D eigenvalue weighted by molar-refractivity contribution is -0.122. The molecule has 3 heteroatoms. The Morgan fingerprint density at radius 3 is 2.12 bits per heavy atom. The molecule has 1 atom stereocenters. The highest BCUT2D eigenvalue weighted by atomic mass is 16.1. The van der Waals surface area contributed by atoms with Gasteiger partial charge in [-0.05, 0) is 36.5 Å². The molecule has 0 aliphatic heterocycles. The number of hydrogen-bond acceptors (Lipinski definition) is 2. The second kappa shape index (κ2) is 5.85. The predicted molar refractivity (Wildman–Crippen MR) is 71.3 cm³/mol. The number of amides is 1. The average molecular weight is 240 g/mol. The van der Waals surface area contributed by atoms with Gasteiger partial charge in [0.15, 0.2) is 0 Å². The number of carbonyl (C=O) groups excluding carboxylic acids is 1. The topological polar surface area (TPSA) is 69.1 Å². The van der Waals surface area contributed by atoms with Crippen molar-refractivity contribution >= 4 is 5.91 Å². The molecule has 1 rings (SSSR count). The molecule has 0 aromatic rings. The van der Waals surface area contributed by atoms with Crippen LogP contribution >= 0.6 is 0 Å². The van der Waals surface area contributed by atoms with E-state index in [0.717, 1.165) is 12.3 Å². The van der Waals surface area contributed by atoms with E-state index in [1.54, 1.807) is 0 Å². The van der Waals surface area contributed by atoms with Crippen LogP contribution in [0, 0.1) is 23.2 Å². The van der Waals surface area contributed by atoms with Gasteiger partial charge in [-0.2, -0.15) is 0 Å². The second-order valence-electron chi connectivity index (χ2n) is 6.65. The number of carbonyl (C=O) groups is 1. The van der Waals surface area contributed by atoms with E-state index in [9.17, 15) is 4.79 Å². The molecular formula is C14H28N2O. The van der Waals surface area contributed by atoms with Gasteiger partial charge in [0, 0.05) is 6.54 Å². The van der Waals surface area contributed by atoms with Gasteiger partial charge in [-0.1, -0.05) is 33.6 Å². The zero-order valence-corrected chi connectivity index (χ0v) is 11.5. The predicted octanol–water partition coefficient (Wildman–Crippen LogP) is 2.29. The van der Waals surface area contributed by atoms with Gasteiger partial charge in [0.05, 0.1) is 5.92 Å². The lowest BCUT2D eigenvalue weighted by Gasteiger charge is -2.37. The molecule has 0 saturated heterocycles. The van der Waals surface area contributed by atoms with Crippen LogP contribution in [0.5, 0.6) is 0 Å².